The third kappa shape index (κ3) is 3.88. The van der Waals surface area contributed by atoms with Crippen molar-refractivity contribution in [3.8, 4) is 17.2 Å². The summed E-state index contributed by atoms with van der Waals surface area (Å²) in [5, 5.41) is 0. The van der Waals surface area contributed by atoms with Gasteiger partial charge in [0.15, 0.2) is 0 Å². The Morgan fingerprint density at radius 1 is 0.968 bits per heavy atom. The zero-order chi connectivity index (χ0) is 22.0. The Morgan fingerprint density at radius 3 is 2.39 bits per heavy atom. The van der Waals surface area contributed by atoms with Gasteiger partial charge >= 0.3 is 0 Å². The van der Waals surface area contributed by atoms with Crippen LogP contribution in [0, 0.1) is 0 Å². The molecule has 0 N–H and O–H groups in total. The van der Waals surface area contributed by atoms with E-state index in [0.29, 0.717) is 25.4 Å². The summed E-state index contributed by atoms with van der Waals surface area (Å²) >= 11 is 0. The molecule has 1 aromatic heterocycles. The second-order valence-electron chi connectivity index (χ2n) is 7.16. The number of nitrogens with zero attached hydrogens (tertiary/aromatic N) is 2. The van der Waals surface area contributed by atoms with Crippen molar-refractivity contribution in [3.63, 3.8) is 0 Å². The van der Waals surface area contributed by atoms with Crippen LogP contribution in [0.15, 0.2) is 65.7 Å². The summed E-state index contributed by atoms with van der Waals surface area (Å²) in [7, 11) is -0.919. The molecule has 0 amide bonds. The molecule has 31 heavy (non-hydrogen) atoms. The van der Waals surface area contributed by atoms with Gasteiger partial charge in [0.05, 0.1) is 26.9 Å². The first-order valence-electron chi connectivity index (χ1n) is 10.1. The van der Waals surface area contributed by atoms with Gasteiger partial charge in [0.1, 0.15) is 22.1 Å². The molecular weight excluding hydrogens is 416 g/mol. The Balaban J connectivity index is 1.82. The zero-order valence-corrected chi connectivity index (χ0v) is 18.6. The van der Waals surface area contributed by atoms with Crippen molar-refractivity contribution in [1.29, 1.82) is 0 Å². The lowest BCUT2D eigenvalue weighted by atomic mass is 10.0. The minimum absolute atomic E-state index is 0.0882. The van der Waals surface area contributed by atoms with Crippen molar-refractivity contribution in [2.24, 2.45) is 0 Å². The predicted octanol–water partition coefficient (Wildman–Crippen LogP) is 3.70. The molecule has 0 saturated carbocycles. The van der Waals surface area contributed by atoms with Crippen LogP contribution in [-0.4, -0.2) is 44.7 Å². The standard InChI is InChI=1S/C23H26N2O5S/c1-4-30-18-9-7-17(8-10-18)23-20-6-5-13-24(20)14-15-25(23)31(26,27)22-16-19(28-2)11-12-21(22)29-3/h5-13,16,23H,4,14-15H2,1-3H3. The maximum Gasteiger partial charge on any atom is 0.247 e. The summed E-state index contributed by atoms with van der Waals surface area (Å²) < 4.78 is 47.6. The van der Waals surface area contributed by atoms with E-state index in [0.717, 1.165) is 17.0 Å². The SMILES string of the molecule is CCOc1ccc(C2c3cccn3CCN2S(=O)(=O)c2cc(OC)ccc2OC)cc1. The van der Waals surface area contributed by atoms with Crippen LogP contribution in [0.2, 0.25) is 0 Å². The molecule has 1 unspecified atom stereocenters. The Bertz CT molecular complexity index is 1150. The fourth-order valence-corrected chi connectivity index (χ4v) is 5.74. The van der Waals surface area contributed by atoms with E-state index in [1.165, 1.54) is 24.6 Å². The van der Waals surface area contributed by atoms with Crippen LogP contribution >= 0.6 is 0 Å². The molecule has 0 saturated heterocycles. The largest absolute Gasteiger partial charge is 0.497 e. The van der Waals surface area contributed by atoms with Crippen LogP contribution in [0.25, 0.3) is 0 Å². The number of aromatic nitrogens is 1. The number of hydrogen-bond donors (Lipinski definition) is 0. The number of rotatable bonds is 7. The summed E-state index contributed by atoms with van der Waals surface area (Å²) in [4.78, 5) is 0.0882. The molecule has 1 aliphatic heterocycles. The predicted molar refractivity (Wildman–Crippen MR) is 117 cm³/mol. The molecule has 4 rings (SSSR count). The highest BCUT2D eigenvalue weighted by atomic mass is 32.2. The van der Waals surface area contributed by atoms with Gasteiger partial charge in [-0.2, -0.15) is 4.31 Å². The maximum atomic E-state index is 13.9. The van der Waals surface area contributed by atoms with Gasteiger partial charge in [-0.05, 0) is 48.9 Å². The van der Waals surface area contributed by atoms with E-state index in [-0.39, 0.29) is 10.6 Å². The lowest BCUT2D eigenvalue weighted by Gasteiger charge is -2.36. The van der Waals surface area contributed by atoms with Crippen molar-refractivity contribution in [2.75, 3.05) is 27.4 Å². The van der Waals surface area contributed by atoms with Crippen molar-refractivity contribution in [2.45, 2.75) is 24.4 Å². The fourth-order valence-electron chi connectivity index (χ4n) is 3.98. The number of benzene rings is 2. The highest BCUT2D eigenvalue weighted by Crippen LogP contribution is 2.39. The molecule has 1 aliphatic rings. The summed E-state index contributed by atoms with van der Waals surface area (Å²) in [5.41, 5.74) is 1.79. The third-order valence-electron chi connectivity index (χ3n) is 5.46. The molecule has 164 valence electrons. The molecule has 1 atom stereocenters. The first-order chi connectivity index (χ1) is 15.0. The molecule has 0 spiro atoms. The normalized spacial score (nSPS) is 16.5. The summed E-state index contributed by atoms with van der Waals surface area (Å²) in [6.45, 7) is 3.41. The molecule has 0 bridgehead atoms. The molecule has 0 fully saturated rings. The van der Waals surface area contributed by atoms with Crippen LogP contribution in [0.5, 0.6) is 17.2 Å². The van der Waals surface area contributed by atoms with E-state index >= 15 is 0 Å². The number of sulfonamides is 1. The minimum Gasteiger partial charge on any atom is -0.497 e. The average molecular weight is 443 g/mol. The van der Waals surface area contributed by atoms with E-state index < -0.39 is 16.1 Å². The van der Waals surface area contributed by atoms with E-state index in [2.05, 4.69) is 4.57 Å². The summed E-state index contributed by atoms with van der Waals surface area (Å²) in [6.07, 6.45) is 1.98. The van der Waals surface area contributed by atoms with Gasteiger partial charge in [-0.25, -0.2) is 8.42 Å². The van der Waals surface area contributed by atoms with E-state index in [1.807, 2.05) is 49.5 Å². The molecule has 0 radical (unpaired) electrons. The van der Waals surface area contributed by atoms with Gasteiger partial charge in [0.25, 0.3) is 0 Å². The van der Waals surface area contributed by atoms with Gasteiger partial charge in [0, 0.05) is 31.0 Å². The molecule has 2 heterocycles. The fraction of sp³-hybridized carbons (Fsp3) is 0.304. The van der Waals surface area contributed by atoms with Gasteiger partial charge in [-0.1, -0.05) is 12.1 Å². The van der Waals surface area contributed by atoms with Crippen molar-refractivity contribution in [1.82, 2.24) is 8.87 Å². The van der Waals surface area contributed by atoms with Crippen molar-refractivity contribution >= 4 is 10.0 Å². The third-order valence-corrected chi connectivity index (χ3v) is 7.34. The Labute approximate surface area is 182 Å². The molecule has 0 aliphatic carbocycles. The number of methoxy groups -OCH3 is 2. The highest BCUT2D eigenvalue weighted by Gasteiger charge is 2.39. The molecule has 3 aromatic rings. The van der Waals surface area contributed by atoms with Crippen molar-refractivity contribution < 1.29 is 22.6 Å². The first-order valence-corrected chi connectivity index (χ1v) is 11.5. The number of fused-ring (bicyclic) bond motifs is 1. The second kappa shape index (κ2) is 8.64. The van der Waals surface area contributed by atoms with Gasteiger partial charge in [0.2, 0.25) is 10.0 Å². The molecule has 7 nitrogen and oxygen atoms in total. The topological polar surface area (TPSA) is 70.0 Å². The molecule has 8 heteroatoms. The van der Waals surface area contributed by atoms with E-state index in [1.54, 1.807) is 12.1 Å². The first kappa shape index (κ1) is 21.3. The molecular formula is C23H26N2O5S. The van der Waals surface area contributed by atoms with Crippen LogP contribution in [0.3, 0.4) is 0 Å². The zero-order valence-electron chi connectivity index (χ0n) is 17.8. The molecule has 2 aromatic carbocycles. The van der Waals surface area contributed by atoms with Crippen LogP contribution < -0.4 is 14.2 Å². The second-order valence-corrected chi connectivity index (χ2v) is 9.02. The highest BCUT2D eigenvalue weighted by molar-refractivity contribution is 7.89. The minimum atomic E-state index is -3.89. The Hall–Kier alpha value is -2.97. The Morgan fingerprint density at radius 2 is 1.71 bits per heavy atom. The van der Waals surface area contributed by atoms with Crippen molar-refractivity contribution in [3.05, 3.63) is 72.1 Å². The van der Waals surface area contributed by atoms with Crippen LogP contribution in [0.1, 0.15) is 24.2 Å². The lowest BCUT2D eigenvalue weighted by molar-refractivity contribution is 0.296. The van der Waals surface area contributed by atoms with E-state index in [9.17, 15) is 8.42 Å². The van der Waals surface area contributed by atoms with Gasteiger partial charge < -0.3 is 18.8 Å². The van der Waals surface area contributed by atoms with E-state index in [4.69, 9.17) is 14.2 Å². The van der Waals surface area contributed by atoms with Crippen LogP contribution in [-0.2, 0) is 16.6 Å². The number of hydrogen-bond acceptors (Lipinski definition) is 5. The Kier molecular flexibility index (Phi) is 5.93. The quantitative estimate of drug-likeness (QED) is 0.558. The summed E-state index contributed by atoms with van der Waals surface area (Å²) in [5.74, 6) is 1.49. The smallest absolute Gasteiger partial charge is 0.247 e. The van der Waals surface area contributed by atoms with Gasteiger partial charge in [-0.15, -0.1) is 0 Å². The van der Waals surface area contributed by atoms with Crippen LogP contribution in [0.4, 0.5) is 0 Å². The number of ether oxygens (including phenoxy) is 3. The lowest BCUT2D eigenvalue weighted by Crippen LogP contribution is -2.42. The van der Waals surface area contributed by atoms with Gasteiger partial charge in [-0.3, -0.25) is 0 Å². The summed E-state index contributed by atoms with van der Waals surface area (Å²) in [6, 6.07) is 15.8. The maximum absolute atomic E-state index is 13.9. The monoisotopic (exact) mass is 442 g/mol. The average Bonchev–Trinajstić information content (AvgIpc) is 3.27.